The zero-order valence-corrected chi connectivity index (χ0v) is 14.9. The summed E-state index contributed by atoms with van der Waals surface area (Å²) in [5.41, 5.74) is 2.58. The Morgan fingerprint density at radius 3 is 2.69 bits per heavy atom. The maximum atomic E-state index is 12.6. The van der Waals surface area contributed by atoms with Gasteiger partial charge < -0.3 is 9.64 Å². The van der Waals surface area contributed by atoms with Crippen LogP contribution in [0.1, 0.15) is 40.0 Å². The van der Waals surface area contributed by atoms with Crippen LogP contribution in [0.5, 0.6) is 5.75 Å². The first kappa shape index (κ1) is 18.5. The quantitative estimate of drug-likeness (QED) is 0.717. The molecular weight excluding hydrogens is 369 g/mol. The zero-order valence-electron chi connectivity index (χ0n) is 14.1. The molecule has 138 valence electrons. The van der Waals surface area contributed by atoms with E-state index in [2.05, 4.69) is 4.98 Å². The molecular formula is C18H16ClF3N2O2. The number of aromatic nitrogens is 1. The van der Waals surface area contributed by atoms with Gasteiger partial charge in [-0.3, -0.25) is 4.79 Å². The number of hydrogen-bond donors (Lipinski definition) is 0. The molecule has 3 rings (SSSR count). The average molecular weight is 385 g/mol. The van der Waals surface area contributed by atoms with E-state index in [1.165, 1.54) is 12.3 Å². The van der Waals surface area contributed by atoms with Gasteiger partial charge in [-0.15, -0.1) is 0 Å². The van der Waals surface area contributed by atoms with Crippen molar-refractivity contribution in [1.29, 1.82) is 0 Å². The van der Waals surface area contributed by atoms with E-state index in [9.17, 15) is 18.0 Å². The fraction of sp³-hybridized carbons (Fsp3) is 0.333. The van der Waals surface area contributed by atoms with Gasteiger partial charge in [0.05, 0.1) is 12.6 Å². The van der Waals surface area contributed by atoms with Crippen LogP contribution < -0.4 is 4.74 Å². The molecule has 0 saturated heterocycles. The number of aryl methyl sites for hydroxylation is 1. The lowest BCUT2D eigenvalue weighted by Gasteiger charge is -2.25. The number of hydrogen-bond acceptors (Lipinski definition) is 3. The van der Waals surface area contributed by atoms with Gasteiger partial charge in [0, 0.05) is 17.3 Å². The van der Waals surface area contributed by atoms with Crippen LogP contribution in [0.25, 0.3) is 0 Å². The van der Waals surface area contributed by atoms with Crippen molar-refractivity contribution in [3.63, 3.8) is 0 Å². The summed E-state index contributed by atoms with van der Waals surface area (Å²) < 4.78 is 41.7. The second kappa shape index (κ2) is 6.79. The number of ether oxygens (including phenoxy) is 1. The molecule has 0 fully saturated rings. The van der Waals surface area contributed by atoms with Gasteiger partial charge in [-0.05, 0) is 37.1 Å². The second-order valence-electron chi connectivity index (χ2n) is 6.17. The largest absolute Gasteiger partial charge is 0.484 e. The van der Waals surface area contributed by atoms with Crippen molar-refractivity contribution in [2.45, 2.75) is 32.6 Å². The third kappa shape index (κ3) is 3.62. The molecule has 0 radical (unpaired) electrons. The Kier molecular flexibility index (Phi) is 4.84. The van der Waals surface area contributed by atoms with Crippen molar-refractivity contribution < 1.29 is 22.7 Å². The van der Waals surface area contributed by atoms with Crippen LogP contribution in [-0.2, 0) is 6.54 Å². The predicted octanol–water partition coefficient (Wildman–Crippen LogP) is 4.70. The number of carbonyl (C=O) groups is 1. The maximum Gasteiger partial charge on any atom is 0.422 e. The number of nitrogens with zero attached hydrogens (tertiary/aromatic N) is 2. The van der Waals surface area contributed by atoms with Gasteiger partial charge in [-0.2, -0.15) is 13.2 Å². The van der Waals surface area contributed by atoms with Crippen molar-refractivity contribution in [2.75, 3.05) is 6.61 Å². The number of amides is 1. The highest BCUT2D eigenvalue weighted by Crippen LogP contribution is 2.35. The van der Waals surface area contributed by atoms with E-state index in [4.69, 9.17) is 16.3 Å². The van der Waals surface area contributed by atoms with Crippen molar-refractivity contribution in [2.24, 2.45) is 0 Å². The Balaban J connectivity index is 1.79. The molecule has 2 heterocycles. The topological polar surface area (TPSA) is 42.4 Å². The fourth-order valence-electron chi connectivity index (χ4n) is 2.96. The monoisotopic (exact) mass is 384 g/mol. The first-order chi connectivity index (χ1) is 12.2. The number of pyridine rings is 1. The highest BCUT2D eigenvalue weighted by molar-refractivity contribution is 6.30. The SMILES string of the molecule is Cc1cc(C(C)N2Cc3c(ccnc3Cl)C2=O)ccc1OCC(F)(F)F. The van der Waals surface area contributed by atoms with Crippen LogP contribution in [0.3, 0.4) is 0 Å². The van der Waals surface area contributed by atoms with Gasteiger partial charge in [-0.25, -0.2) is 4.98 Å². The van der Waals surface area contributed by atoms with Crippen molar-refractivity contribution in [3.05, 3.63) is 57.9 Å². The summed E-state index contributed by atoms with van der Waals surface area (Å²) in [6, 6.07) is 6.25. The Hall–Kier alpha value is -2.28. The van der Waals surface area contributed by atoms with Crippen molar-refractivity contribution in [3.8, 4) is 5.75 Å². The molecule has 4 nitrogen and oxygen atoms in total. The first-order valence-electron chi connectivity index (χ1n) is 7.92. The van der Waals surface area contributed by atoms with Crippen LogP contribution in [0, 0.1) is 6.92 Å². The third-order valence-corrected chi connectivity index (χ3v) is 4.69. The summed E-state index contributed by atoms with van der Waals surface area (Å²) in [5.74, 6) is 0.0217. The van der Waals surface area contributed by atoms with Crippen LogP contribution in [0.4, 0.5) is 13.2 Å². The van der Waals surface area contributed by atoms with E-state index in [0.717, 1.165) is 5.56 Å². The summed E-state index contributed by atoms with van der Waals surface area (Å²) in [5, 5.41) is 0.303. The zero-order chi connectivity index (χ0) is 19.1. The van der Waals surface area contributed by atoms with E-state index in [0.29, 0.717) is 28.4 Å². The molecule has 1 aliphatic heterocycles. The highest BCUT2D eigenvalue weighted by atomic mass is 35.5. The summed E-state index contributed by atoms with van der Waals surface area (Å²) in [6.07, 6.45) is -2.90. The Bertz CT molecular complexity index is 855. The lowest BCUT2D eigenvalue weighted by Crippen LogP contribution is -2.27. The van der Waals surface area contributed by atoms with Gasteiger partial charge >= 0.3 is 6.18 Å². The number of rotatable bonds is 4. The van der Waals surface area contributed by atoms with Gasteiger partial charge in [0.15, 0.2) is 6.61 Å². The molecule has 26 heavy (non-hydrogen) atoms. The third-order valence-electron chi connectivity index (χ3n) is 4.36. The van der Waals surface area contributed by atoms with E-state index < -0.39 is 12.8 Å². The van der Waals surface area contributed by atoms with Gasteiger partial charge in [-0.1, -0.05) is 23.7 Å². The standard InChI is InChI=1S/C18H16ClF3N2O2/c1-10-7-12(3-4-15(10)26-9-18(20,21)22)11(2)24-8-14-13(17(24)25)5-6-23-16(14)19/h3-7,11H,8-9H2,1-2H3. The molecule has 0 saturated carbocycles. The Morgan fingerprint density at radius 1 is 1.35 bits per heavy atom. The summed E-state index contributed by atoms with van der Waals surface area (Å²) in [7, 11) is 0. The molecule has 1 aliphatic rings. The van der Waals surface area contributed by atoms with Gasteiger partial charge in [0.1, 0.15) is 10.9 Å². The molecule has 0 bridgehead atoms. The molecule has 1 amide bonds. The lowest BCUT2D eigenvalue weighted by atomic mass is 10.0. The minimum atomic E-state index is -4.39. The van der Waals surface area contributed by atoms with E-state index in [1.807, 2.05) is 6.92 Å². The molecule has 0 spiro atoms. The molecule has 1 aromatic heterocycles. The Labute approximate surface area is 153 Å². The average Bonchev–Trinajstić information content (AvgIpc) is 2.91. The summed E-state index contributed by atoms with van der Waals surface area (Å²) in [6.45, 7) is 2.53. The first-order valence-corrected chi connectivity index (χ1v) is 8.29. The van der Waals surface area contributed by atoms with Crippen molar-refractivity contribution in [1.82, 2.24) is 9.88 Å². The number of halogens is 4. The van der Waals surface area contributed by atoms with E-state index in [1.54, 1.807) is 30.0 Å². The van der Waals surface area contributed by atoms with Crippen LogP contribution in [-0.4, -0.2) is 28.6 Å². The molecule has 8 heteroatoms. The Morgan fingerprint density at radius 2 is 2.08 bits per heavy atom. The lowest BCUT2D eigenvalue weighted by molar-refractivity contribution is -0.153. The number of carbonyl (C=O) groups excluding carboxylic acids is 1. The minimum Gasteiger partial charge on any atom is -0.484 e. The molecule has 1 aromatic carbocycles. The van der Waals surface area contributed by atoms with Crippen molar-refractivity contribution >= 4 is 17.5 Å². The predicted molar refractivity (Wildman–Crippen MR) is 90.3 cm³/mol. The fourth-order valence-corrected chi connectivity index (χ4v) is 3.18. The molecule has 0 aliphatic carbocycles. The molecule has 2 aromatic rings. The summed E-state index contributed by atoms with van der Waals surface area (Å²) >= 11 is 6.07. The normalized spacial score (nSPS) is 15.2. The molecule has 1 unspecified atom stereocenters. The smallest absolute Gasteiger partial charge is 0.422 e. The van der Waals surface area contributed by atoms with Gasteiger partial charge in [0.2, 0.25) is 0 Å². The molecule has 1 atom stereocenters. The number of alkyl halides is 3. The highest BCUT2D eigenvalue weighted by Gasteiger charge is 2.33. The number of fused-ring (bicyclic) bond motifs is 1. The van der Waals surface area contributed by atoms with E-state index >= 15 is 0 Å². The second-order valence-corrected chi connectivity index (χ2v) is 6.52. The minimum absolute atomic E-state index is 0.146. The van der Waals surface area contributed by atoms with E-state index in [-0.39, 0.29) is 17.7 Å². The number of benzene rings is 1. The van der Waals surface area contributed by atoms with Crippen LogP contribution >= 0.6 is 11.6 Å². The van der Waals surface area contributed by atoms with Crippen LogP contribution in [0.15, 0.2) is 30.5 Å². The summed E-state index contributed by atoms with van der Waals surface area (Å²) in [4.78, 5) is 18.3. The van der Waals surface area contributed by atoms with Gasteiger partial charge in [0.25, 0.3) is 5.91 Å². The van der Waals surface area contributed by atoms with Crippen LogP contribution in [0.2, 0.25) is 5.15 Å². The maximum absolute atomic E-state index is 12.6. The molecule has 0 N–H and O–H groups in total.